The molecule has 1 saturated carbocycles. The van der Waals surface area contributed by atoms with E-state index >= 15 is 0 Å². The molecule has 0 radical (unpaired) electrons. The van der Waals surface area contributed by atoms with Crippen molar-refractivity contribution in [2.45, 2.75) is 25.3 Å². The number of rotatable bonds is 3. The number of nitrogens with two attached hydrogens (primary N) is 1. The van der Waals surface area contributed by atoms with Gasteiger partial charge in [0.05, 0.1) is 11.2 Å². The molecule has 0 saturated heterocycles. The van der Waals surface area contributed by atoms with Crippen molar-refractivity contribution in [3.8, 4) is 0 Å². The second-order valence-corrected chi connectivity index (χ2v) is 4.64. The van der Waals surface area contributed by atoms with E-state index in [1.807, 2.05) is 0 Å². The predicted molar refractivity (Wildman–Crippen MR) is 60.3 cm³/mol. The number of carbonyl (C=O) groups excluding carboxylic acids is 1. The van der Waals surface area contributed by atoms with E-state index in [2.05, 4.69) is 5.32 Å². The maximum atomic E-state index is 13.3. The molecule has 17 heavy (non-hydrogen) atoms. The van der Waals surface area contributed by atoms with Crippen LogP contribution >= 0.6 is 0 Å². The summed E-state index contributed by atoms with van der Waals surface area (Å²) in [6, 6.07) is 3.00. The van der Waals surface area contributed by atoms with Crippen molar-refractivity contribution in [2.75, 3.05) is 5.32 Å². The zero-order valence-corrected chi connectivity index (χ0v) is 9.47. The maximum Gasteiger partial charge on any atom is 0.244 e. The van der Waals surface area contributed by atoms with Crippen molar-refractivity contribution in [2.24, 2.45) is 11.7 Å². The molecule has 1 aromatic carbocycles. The van der Waals surface area contributed by atoms with Crippen molar-refractivity contribution in [3.05, 3.63) is 29.8 Å². The van der Waals surface area contributed by atoms with Gasteiger partial charge in [0.25, 0.3) is 0 Å². The number of benzene rings is 1. The molecule has 1 aliphatic carbocycles. The summed E-state index contributed by atoms with van der Waals surface area (Å²) in [6.07, 6.45) is 1.82. The molecule has 1 unspecified atom stereocenters. The summed E-state index contributed by atoms with van der Waals surface area (Å²) < 4.78 is 26.0. The van der Waals surface area contributed by atoms with Gasteiger partial charge in [-0.1, -0.05) is 0 Å². The molecule has 1 aliphatic rings. The van der Waals surface area contributed by atoms with Gasteiger partial charge in [0.1, 0.15) is 11.6 Å². The molecule has 5 heteroatoms. The van der Waals surface area contributed by atoms with Crippen LogP contribution in [0.15, 0.2) is 18.2 Å². The summed E-state index contributed by atoms with van der Waals surface area (Å²) in [5.41, 5.74) is 4.84. The lowest BCUT2D eigenvalue weighted by atomic mass is 9.96. The average Bonchev–Trinajstić information content (AvgIpc) is 3.05. The predicted octanol–water partition coefficient (Wildman–Crippen LogP) is 2.03. The molecule has 1 amide bonds. The fourth-order valence-corrected chi connectivity index (χ4v) is 1.72. The molecule has 2 rings (SSSR count). The lowest BCUT2D eigenvalue weighted by Crippen LogP contribution is -2.50. The molecule has 0 heterocycles. The molecule has 0 spiro atoms. The molecule has 1 fully saturated rings. The monoisotopic (exact) mass is 240 g/mol. The largest absolute Gasteiger partial charge is 0.322 e. The summed E-state index contributed by atoms with van der Waals surface area (Å²) in [4.78, 5) is 11.9. The second kappa shape index (κ2) is 4.07. The first-order valence-corrected chi connectivity index (χ1v) is 5.46. The van der Waals surface area contributed by atoms with Crippen LogP contribution in [-0.2, 0) is 4.79 Å². The Kier molecular flexibility index (Phi) is 2.87. The SMILES string of the molecule is CC(N)(C(=O)Nc1ccc(F)cc1F)C1CC1. The molecule has 3 nitrogen and oxygen atoms in total. The van der Waals surface area contributed by atoms with Gasteiger partial charge in [-0.05, 0) is 37.8 Å². The topological polar surface area (TPSA) is 55.1 Å². The average molecular weight is 240 g/mol. The van der Waals surface area contributed by atoms with E-state index < -0.39 is 23.1 Å². The summed E-state index contributed by atoms with van der Waals surface area (Å²) >= 11 is 0. The van der Waals surface area contributed by atoms with Crippen LogP contribution in [0.3, 0.4) is 0 Å². The van der Waals surface area contributed by atoms with E-state index in [1.54, 1.807) is 6.92 Å². The minimum Gasteiger partial charge on any atom is -0.322 e. The summed E-state index contributed by atoms with van der Waals surface area (Å²) in [6.45, 7) is 1.63. The lowest BCUT2D eigenvalue weighted by molar-refractivity contribution is -0.121. The van der Waals surface area contributed by atoms with Crippen LogP contribution in [0, 0.1) is 17.6 Å². The Hall–Kier alpha value is -1.49. The van der Waals surface area contributed by atoms with Crippen LogP contribution in [0.1, 0.15) is 19.8 Å². The van der Waals surface area contributed by atoms with Gasteiger partial charge in [-0.2, -0.15) is 0 Å². The Balaban J connectivity index is 2.12. The van der Waals surface area contributed by atoms with Gasteiger partial charge in [-0.25, -0.2) is 8.78 Å². The highest BCUT2D eigenvalue weighted by Gasteiger charge is 2.44. The number of hydrogen-bond donors (Lipinski definition) is 2. The van der Waals surface area contributed by atoms with Crippen molar-refractivity contribution in [3.63, 3.8) is 0 Å². The van der Waals surface area contributed by atoms with Crippen molar-refractivity contribution < 1.29 is 13.6 Å². The van der Waals surface area contributed by atoms with E-state index in [4.69, 9.17) is 5.73 Å². The number of carbonyl (C=O) groups is 1. The van der Waals surface area contributed by atoms with Gasteiger partial charge in [0, 0.05) is 6.07 Å². The highest BCUT2D eigenvalue weighted by atomic mass is 19.1. The van der Waals surface area contributed by atoms with Gasteiger partial charge < -0.3 is 11.1 Å². The summed E-state index contributed by atoms with van der Waals surface area (Å²) in [5, 5.41) is 2.39. The third-order valence-electron chi connectivity index (χ3n) is 3.09. The third kappa shape index (κ3) is 2.44. The molecular formula is C12H14F2N2O. The fraction of sp³-hybridized carbons (Fsp3) is 0.417. The van der Waals surface area contributed by atoms with Crippen LogP contribution in [-0.4, -0.2) is 11.4 Å². The highest BCUT2D eigenvalue weighted by Crippen LogP contribution is 2.38. The molecule has 0 bridgehead atoms. The van der Waals surface area contributed by atoms with Crippen LogP contribution < -0.4 is 11.1 Å². The number of amides is 1. The molecule has 1 aromatic rings. The Bertz CT molecular complexity index is 456. The molecule has 0 aliphatic heterocycles. The third-order valence-corrected chi connectivity index (χ3v) is 3.09. The summed E-state index contributed by atoms with van der Waals surface area (Å²) in [5.74, 6) is -1.78. The summed E-state index contributed by atoms with van der Waals surface area (Å²) in [7, 11) is 0. The van der Waals surface area contributed by atoms with Crippen molar-refractivity contribution in [1.82, 2.24) is 0 Å². The Morgan fingerprint density at radius 1 is 1.47 bits per heavy atom. The number of halogens is 2. The first kappa shape index (κ1) is 12.0. The normalized spacial score (nSPS) is 18.6. The van der Waals surface area contributed by atoms with Gasteiger partial charge in [0.15, 0.2) is 0 Å². The molecule has 1 atom stereocenters. The van der Waals surface area contributed by atoms with Crippen LogP contribution in [0.5, 0.6) is 0 Å². The van der Waals surface area contributed by atoms with E-state index in [0.29, 0.717) is 0 Å². The number of hydrogen-bond acceptors (Lipinski definition) is 2. The molecule has 3 N–H and O–H groups in total. The van der Waals surface area contributed by atoms with E-state index in [1.165, 1.54) is 6.07 Å². The first-order valence-electron chi connectivity index (χ1n) is 5.46. The second-order valence-electron chi connectivity index (χ2n) is 4.64. The Morgan fingerprint density at radius 2 is 2.12 bits per heavy atom. The maximum absolute atomic E-state index is 13.3. The standard InChI is InChI=1S/C12H14F2N2O/c1-12(15,7-2-3-7)11(17)16-10-5-4-8(13)6-9(10)14/h4-7H,2-3,15H2,1H3,(H,16,17). The Morgan fingerprint density at radius 3 is 2.65 bits per heavy atom. The minimum absolute atomic E-state index is 0.0475. The van der Waals surface area contributed by atoms with Gasteiger partial charge in [-0.3, -0.25) is 4.79 Å². The zero-order chi connectivity index (χ0) is 12.6. The number of nitrogens with one attached hydrogen (secondary N) is 1. The van der Waals surface area contributed by atoms with E-state index in [-0.39, 0.29) is 11.6 Å². The lowest BCUT2D eigenvalue weighted by Gasteiger charge is -2.23. The van der Waals surface area contributed by atoms with Gasteiger partial charge in [-0.15, -0.1) is 0 Å². The molecule has 0 aromatic heterocycles. The first-order chi connectivity index (χ1) is 7.91. The van der Waals surface area contributed by atoms with E-state index in [0.717, 1.165) is 25.0 Å². The molecule has 92 valence electrons. The molecular weight excluding hydrogens is 226 g/mol. The van der Waals surface area contributed by atoms with Crippen LogP contribution in [0.4, 0.5) is 14.5 Å². The smallest absolute Gasteiger partial charge is 0.244 e. The van der Waals surface area contributed by atoms with Crippen LogP contribution in [0.2, 0.25) is 0 Å². The van der Waals surface area contributed by atoms with Crippen molar-refractivity contribution in [1.29, 1.82) is 0 Å². The van der Waals surface area contributed by atoms with Gasteiger partial charge >= 0.3 is 0 Å². The fourth-order valence-electron chi connectivity index (χ4n) is 1.72. The Labute approximate surface area is 98.0 Å². The van der Waals surface area contributed by atoms with Crippen molar-refractivity contribution >= 4 is 11.6 Å². The highest BCUT2D eigenvalue weighted by molar-refractivity contribution is 5.98. The quantitative estimate of drug-likeness (QED) is 0.849. The van der Waals surface area contributed by atoms with Crippen LogP contribution in [0.25, 0.3) is 0 Å². The van der Waals surface area contributed by atoms with Gasteiger partial charge in [0.2, 0.25) is 5.91 Å². The van der Waals surface area contributed by atoms with E-state index in [9.17, 15) is 13.6 Å². The zero-order valence-electron chi connectivity index (χ0n) is 9.47. The minimum atomic E-state index is -0.999. The number of anilines is 1.